The quantitative estimate of drug-likeness (QED) is 0.696. The molecule has 1 aromatic heterocycles. The average molecular weight is 453 g/mol. The van der Waals surface area contributed by atoms with Crippen LogP contribution in [0.5, 0.6) is 0 Å². The van der Waals surface area contributed by atoms with Crippen LogP contribution in [0, 0.1) is 6.92 Å². The molecular formula is C26H36N4O3. The molecule has 7 nitrogen and oxygen atoms in total. The van der Waals surface area contributed by atoms with Crippen molar-refractivity contribution in [2.45, 2.75) is 52.2 Å². The molecule has 3 heterocycles. The van der Waals surface area contributed by atoms with Gasteiger partial charge in [-0.2, -0.15) is 0 Å². The summed E-state index contributed by atoms with van der Waals surface area (Å²) in [6.07, 6.45) is 3.38. The van der Waals surface area contributed by atoms with Crippen molar-refractivity contribution in [3.63, 3.8) is 0 Å². The number of piperazine rings is 1. The molecule has 0 unspecified atom stereocenters. The molecule has 2 aromatic rings. The van der Waals surface area contributed by atoms with Gasteiger partial charge < -0.3 is 24.0 Å². The van der Waals surface area contributed by atoms with Crippen LogP contribution in [-0.4, -0.2) is 71.2 Å². The van der Waals surface area contributed by atoms with Gasteiger partial charge in [0.2, 0.25) is 0 Å². The molecule has 2 aliphatic rings. The number of carbonyl (C=O) groups is 2. The van der Waals surface area contributed by atoms with Crippen molar-refractivity contribution in [1.82, 2.24) is 14.4 Å². The van der Waals surface area contributed by atoms with E-state index >= 15 is 0 Å². The number of nitrogens with zero attached hydrogens (tertiary/aromatic N) is 4. The Bertz CT molecular complexity index is 977. The minimum Gasteiger partial charge on any atom is -0.444 e. The molecule has 0 bridgehead atoms. The van der Waals surface area contributed by atoms with E-state index in [1.807, 2.05) is 44.0 Å². The number of rotatable bonds is 3. The second-order valence-electron chi connectivity index (χ2n) is 10.1. The van der Waals surface area contributed by atoms with Crippen LogP contribution in [0.4, 0.5) is 10.5 Å². The highest BCUT2D eigenvalue weighted by molar-refractivity contribution is 5.93. The molecule has 7 heteroatoms. The maximum Gasteiger partial charge on any atom is 0.410 e. The molecule has 4 rings (SSSR count). The first kappa shape index (κ1) is 23.2. The zero-order valence-electron chi connectivity index (χ0n) is 20.3. The number of carbonyl (C=O) groups excluding carboxylic acids is 2. The highest BCUT2D eigenvalue weighted by Crippen LogP contribution is 2.27. The van der Waals surface area contributed by atoms with E-state index in [2.05, 4.69) is 40.7 Å². The number of benzene rings is 1. The van der Waals surface area contributed by atoms with E-state index in [0.717, 1.165) is 44.7 Å². The fourth-order valence-corrected chi connectivity index (χ4v) is 4.70. The van der Waals surface area contributed by atoms with Crippen molar-refractivity contribution >= 4 is 17.7 Å². The van der Waals surface area contributed by atoms with Crippen molar-refractivity contribution in [2.24, 2.45) is 0 Å². The van der Waals surface area contributed by atoms with Crippen molar-refractivity contribution in [2.75, 3.05) is 44.2 Å². The van der Waals surface area contributed by atoms with Gasteiger partial charge in [-0.25, -0.2) is 4.79 Å². The summed E-state index contributed by atoms with van der Waals surface area (Å²) >= 11 is 0. The van der Waals surface area contributed by atoms with Crippen LogP contribution in [0.15, 0.2) is 42.6 Å². The fourth-order valence-electron chi connectivity index (χ4n) is 4.70. The Kier molecular flexibility index (Phi) is 6.68. The summed E-state index contributed by atoms with van der Waals surface area (Å²) < 4.78 is 7.62. The largest absolute Gasteiger partial charge is 0.444 e. The SMILES string of the molecule is Cc1cccc(N2CCN(C(=O)c3cccn3C3CCN(C(=O)OC(C)(C)C)CC3)CC2)c1. The normalized spacial score (nSPS) is 17.9. The Balaban J connectivity index is 1.34. The van der Waals surface area contributed by atoms with Gasteiger partial charge in [0.1, 0.15) is 11.3 Å². The third-order valence-corrected chi connectivity index (χ3v) is 6.44. The molecular weight excluding hydrogens is 416 g/mol. The number of aryl methyl sites for hydroxylation is 1. The minimum atomic E-state index is -0.489. The predicted molar refractivity (Wildman–Crippen MR) is 130 cm³/mol. The van der Waals surface area contributed by atoms with Crippen molar-refractivity contribution in [3.05, 3.63) is 53.9 Å². The first-order valence-electron chi connectivity index (χ1n) is 12.0. The second kappa shape index (κ2) is 9.49. The van der Waals surface area contributed by atoms with Gasteiger partial charge in [-0.1, -0.05) is 12.1 Å². The molecule has 0 saturated carbocycles. The molecule has 0 spiro atoms. The summed E-state index contributed by atoms with van der Waals surface area (Å²) in [5.41, 5.74) is 2.73. The number of hydrogen-bond donors (Lipinski definition) is 0. The van der Waals surface area contributed by atoms with E-state index in [-0.39, 0.29) is 18.0 Å². The van der Waals surface area contributed by atoms with Gasteiger partial charge in [0.05, 0.1) is 0 Å². The number of piperidine rings is 1. The van der Waals surface area contributed by atoms with Crippen LogP contribution in [0.1, 0.15) is 55.7 Å². The van der Waals surface area contributed by atoms with Gasteiger partial charge in [-0.05, 0) is 70.4 Å². The number of amides is 2. The first-order chi connectivity index (χ1) is 15.7. The van der Waals surface area contributed by atoms with E-state index < -0.39 is 5.60 Å². The topological polar surface area (TPSA) is 58.0 Å². The number of anilines is 1. The third-order valence-electron chi connectivity index (χ3n) is 6.44. The molecule has 0 N–H and O–H groups in total. The fraction of sp³-hybridized carbons (Fsp3) is 0.538. The zero-order chi connectivity index (χ0) is 23.6. The third kappa shape index (κ3) is 5.52. The minimum absolute atomic E-state index is 0.0958. The Morgan fingerprint density at radius 3 is 2.24 bits per heavy atom. The number of ether oxygens (including phenoxy) is 1. The molecule has 178 valence electrons. The Morgan fingerprint density at radius 1 is 0.909 bits per heavy atom. The van der Waals surface area contributed by atoms with Crippen LogP contribution >= 0.6 is 0 Å². The summed E-state index contributed by atoms with van der Waals surface area (Å²) in [7, 11) is 0. The molecule has 1 aromatic carbocycles. The lowest BCUT2D eigenvalue weighted by molar-refractivity contribution is 0.0186. The molecule has 0 radical (unpaired) electrons. The molecule has 2 amide bonds. The molecule has 0 atom stereocenters. The molecule has 0 aliphatic carbocycles. The monoisotopic (exact) mass is 452 g/mol. The molecule has 2 aliphatic heterocycles. The summed E-state index contributed by atoms with van der Waals surface area (Å²) in [6, 6.07) is 12.6. The van der Waals surface area contributed by atoms with E-state index in [1.54, 1.807) is 4.90 Å². The Morgan fingerprint density at radius 2 is 1.61 bits per heavy atom. The summed E-state index contributed by atoms with van der Waals surface area (Å²) in [6.45, 7) is 12.1. The molecule has 33 heavy (non-hydrogen) atoms. The van der Waals surface area contributed by atoms with Crippen LogP contribution in [0.3, 0.4) is 0 Å². The summed E-state index contributed by atoms with van der Waals surface area (Å²) in [4.78, 5) is 31.8. The van der Waals surface area contributed by atoms with Gasteiger partial charge in [-0.15, -0.1) is 0 Å². The van der Waals surface area contributed by atoms with Crippen molar-refractivity contribution in [1.29, 1.82) is 0 Å². The molecule has 2 saturated heterocycles. The first-order valence-corrected chi connectivity index (χ1v) is 12.0. The average Bonchev–Trinajstić information content (AvgIpc) is 3.28. The van der Waals surface area contributed by atoms with E-state index in [9.17, 15) is 9.59 Å². The summed E-state index contributed by atoms with van der Waals surface area (Å²) in [5.74, 6) is 0.0958. The van der Waals surface area contributed by atoms with Gasteiger partial charge >= 0.3 is 6.09 Å². The van der Waals surface area contributed by atoms with E-state index in [0.29, 0.717) is 13.1 Å². The van der Waals surface area contributed by atoms with Crippen LogP contribution < -0.4 is 4.90 Å². The van der Waals surface area contributed by atoms with Crippen LogP contribution in [-0.2, 0) is 4.74 Å². The number of hydrogen-bond acceptors (Lipinski definition) is 4. The highest BCUT2D eigenvalue weighted by Gasteiger charge is 2.30. The standard InChI is InChI=1S/C26H36N4O3/c1-20-7-5-8-22(19-20)27-15-17-28(18-16-27)24(31)23-9-6-12-30(23)21-10-13-29(14-11-21)25(32)33-26(2,3)4/h5-9,12,19,21H,10-11,13-18H2,1-4H3. The van der Waals surface area contributed by atoms with Gasteiger partial charge in [0, 0.05) is 57.2 Å². The Labute approximate surface area is 196 Å². The lowest BCUT2D eigenvalue weighted by Gasteiger charge is -2.37. The van der Waals surface area contributed by atoms with Crippen LogP contribution in [0.2, 0.25) is 0 Å². The predicted octanol–water partition coefficient (Wildman–Crippen LogP) is 4.33. The maximum atomic E-state index is 13.4. The zero-order valence-corrected chi connectivity index (χ0v) is 20.3. The second-order valence-corrected chi connectivity index (χ2v) is 10.1. The van der Waals surface area contributed by atoms with E-state index in [4.69, 9.17) is 4.74 Å². The lowest BCUT2D eigenvalue weighted by atomic mass is 10.0. The molecule has 2 fully saturated rings. The van der Waals surface area contributed by atoms with Gasteiger partial charge in [-0.3, -0.25) is 4.79 Å². The Hall–Kier alpha value is -2.96. The maximum absolute atomic E-state index is 13.4. The summed E-state index contributed by atoms with van der Waals surface area (Å²) in [5, 5.41) is 0. The van der Waals surface area contributed by atoms with Gasteiger partial charge in [0.25, 0.3) is 5.91 Å². The number of likely N-dealkylation sites (tertiary alicyclic amines) is 1. The number of aromatic nitrogens is 1. The van der Waals surface area contributed by atoms with E-state index in [1.165, 1.54) is 11.3 Å². The van der Waals surface area contributed by atoms with Crippen molar-refractivity contribution < 1.29 is 14.3 Å². The highest BCUT2D eigenvalue weighted by atomic mass is 16.6. The smallest absolute Gasteiger partial charge is 0.410 e. The lowest BCUT2D eigenvalue weighted by Crippen LogP contribution is -2.49. The van der Waals surface area contributed by atoms with Crippen LogP contribution in [0.25, 0.3) is 0 Å². The van der Waals surface area contributed by atoms with Crippen molar-refractivity contribution in [3.8, 4) is 0 Å². The van der Waals surface area contributed by atoms with Gasteiger partial charge in [0.15, 0.2) is 0 Å².